The van der Waals surface area contributed by atoms with Gasteiger partial charge in [0, 0.05) is 25.2 Å². The average Bonchev–Trinajstić information content (AvgIpc) is 2.73. The summed E-state index contributed by atoms with van der Waals surface area (Å²) < 4.78 is 0. The molecule has 0 bridgehead atoms. The lowest BCUT2D eigenvalue weighted by atomic mass is 10.2. The lowest BCUT2D eigenvalue weighted by Gasteiger charge is -2.19. The molecule has 1 aromatic heterocycles. The van der Waals surface area contributed by atoms with Gasteiger partial charge < -0.3 is 15.5 Å². The van der Waals surface area contributed by atoms with Crippen molar-refractivity contribution in [3.8, 4) is 0 Å². The van der Waals surface area contributed by atoms with E-state index in [0.717, 1.165) is 24.7 Å². The van der Waals surface area contributed by atoms with Crippen LogP contribution in [0.3, 0.4) is 0 Å². The molecule has 2 heterocycles. The fraction of sp³-hybridized carbons (Fsp3) is 0.667. The molecule has 0 aliphatic carbocycles. The van der Waals surface area contributed by atoms with Crippen molar-refractivity contribution in [1.29, 1.82) is 0 Å². The Hall–Kier alpha value is -1.36. The topological polar surface area (TPSA) is 53.1 Å². The molecule has 0 aromatic carbocycles. The van der Waals surface area contributed by atoms with Crippen molar-refractivity contribution in [1.82, 2.24) is 14.9 Å². The molecule has 2 N–H and O–H groups in total. The number of hydrogen-bond donors (Lipinski definition) is 2. The lowest BCUT2D eigenvalue weighted by molar-refractivity contribution is 0.322. The second-order valence-corrected chi connectivity index (χ2v) is 4.48. The predicted octanol–water partition coefficient (Wildman–Crippen LogP) is 1.41. The molecule has 0 radical (unpaired) electrons. The fourth-order valence-electron chi connectivity index (χ4n) is 2.19. The molecule has 1 unspecified atom stereocenters. The van der Waals surface area contributed by atoms with Crippen LogP contribution in [0.4, 0.5) is 11.6 Å². The molecule has 1 saturated heterocycles. The number of nitrogens with one attached hydrogen (secondary N) is 2. The SMILES string of the molecule is CCNc1cc(NCC2CCCN2C)ncn1. The Balaban J connectivity index is 1.87. The molecule has 1 aliphatic rings. The largest absolute Gasteiger partial charge is 0.370 e. The van der Waals surface area contributed by atoms with Crippen molar-refractivity contribution in [3.05, 3.63) is 12.4 Å². The molecule has 0 amide bonds. The van der Waals surface area contributed by atoms with Gasteiger partial charge in [-0.05, 0) is 33.4 Å². The molecule has 5 nitrogen and oxygen atoms in total. The van der Waals surface area contributed by atoms with Crippen molar-refractivity contribution in [2.45, 2.75) is 25.8 Å². The molecular formula is C12H21N5. The minimum Gasteiger partial charge on any atom is -0.370 e. The van der Waals surface area contributed by atoms with Crippen molar-refractivity contribution in [2.75, 3.05) is 37.3 Å². The molecule has 17 heavy (non-hydrogen) atoms. The Bertz CT molecular complexity index is 355. The number of hydrogen-bond acceptors (Lipinski definition) is 5. The summed E-state index contributed by atoms with van der Waals surface area (Å²) in [5.74, 6) is 1.78. The minimum atomic E-state index is 0.632. The van der Waals surface area contributed by atoms with Crippen LogP contribution in [0.5, 0.6) is 0 Å². The Kier molecular flexibility index (Phi) is 4.14. The van der Waals surface area contributed by atoms with Crippen LogP contribution in [0.1, 0.15) is 19.8 Å². The van der Waals surface area contributed by atoms with Crippen molar-refractivity contribution in [3.63, 3.8) is 0 Å². The van der Waals surface area contributed by atoms with Crippen LogP contribution < -0.4 is 10.6 Å². The second-order valence-electron chi connectivity index (χ2n) is 4.48. The number of anilines is 2. The van der Waals surface area contributed by atoms with Crippen molar-refractivity contribution in [2.24, 2.45) is 0 Å². The molecule has 1 aromatic rings. The highest BCUT2D eigenvalue weighted by molar-refractivity contribution is 5.46. The first-order chi connectivity index (χ1) is 8.29. The quantitative estimate of drug-likeness (QED) is 0.808. The number of nitrogens with zero attached hydrogens (tertiary/aromatic N) is 3. The van der Waals surface area contributed by atoms with E-state index in [9.17, 15) is 0 Å². The first-order valence-corrected chi connectivity index (χ1v) is 6.29. The second kappa shape index (κ2) is 5.82. The highest BCUT2D eigenvalue weighted by Crippen LogP contribution is 2.15. The van der Waals surface area contributed by atoms with Gasteiger partial charge in [-0.15, -0.1) is 0 Å². The van der Waals surface area contributed by atoms with E-state index in [1.54, 1.807) is 6.33 Å². The highest BCUT2D eigenvalue weighted by Gasteiger charge is 2.20. The van der Waals surface area contributed by atoms with Crippen molar-refractivity contribution < 1.29 is 0 Å². The molecule has 1 aliphatic heterocycles. The molecule has 1 fully saturated rings. The van der Waals surface area contributed by atoms with E-state index < -0.39 is 0 Å². The van der Waals surface area contributed by atoms with E-state index in [0.29, 0.717) is 6.04 Å². The highest BCUT2D eigenvalue weighted by atomic mass is 15.2. The Morgan fingerprint density at radius 2 is 2.12 bits per heavy atom. The van der Waals surface area contributed by atoms with Crippen LogP contribution in [0.2, 0.25) is 0 Å². The van der Waals surface area contributed by atoms with Gasteiger partial charge in [0.1, 0.15) is 18.0 Å². The van der Waals surface area contributed by atoms with Gasteiger partial charge in [0.2, 0.25) is 0 Å². The lowest BCUT2D eigenvalue weighted by Crippen LogP contribution is -2.31. The first kappa shape index (κ1) is 12.1. The summed E-state index contributed by atoms with van der Waals surface area (Å²) in [6.07, 6.45) is 4.17. The third-order valence-electron chi connectivity index (χ3n) is 3.22. The summed E-state index contributed by atoms with van der Waals surface area (Å²) in [6.45, 7) is 5.10. The summed E-state index contributed by atoms with van der Waals surface area (Å²) in [4.78, 5) is 10.8. The predicted molar refractivity (Wildman–Crippen MR) is 70.3 cm³/mol. The third-order valence-corrected chi connectivity index (χ3v) is 3.22. The molecule has 1 atom stereocenters. The van der Waals surface area contributed by atoms with E-state index in [1.165, 1.54) is 19.4 Å². The smallest absolute Gasteiger partial charge is 0.131 e. The van der Waals surface area contributed by atoms with Gasteiger partial charge >= 0.3 is 0 Å². The van der Waals surface area contributed by atoms with E-state index in [1.807, 2.05) is 6.07 Å². The van der Waals surface area contributed by atoms with Gasteiger partial charge in [-0.25, -0.2) is 9.97 Å². The van der Waals surface area contributed by atoms with Gasteiger partial charge in [0.05, 0.1) is 0 Å². The average molecular weight is 235 g/mol. The van der Waals surface area contributed by atoms with Gasteiger partial charge in [-0.3, -0.25) is 0 Å². The van der Waals surface area contributed by atoms with E-state index in [2.05, 4.69) is 39.5 Å². The van der Waals surface area contributed by atoms with Gasteiger partial charge in [0.15, 0.2) is 0 Å². The van der Waals surface area contributed by atoms with E-state index in [-0.39, 0.29) is 0 Å². The number of rotatable bonds is 5. The van der Waals surface area contributed by atoms with Crippen LogP contribution in [-0.2, 0) is 0 Å². The zero-order valence-corrected chi connectivity index (χ0v) is 10.6. The fourth-order valence-corrected chi connectivity index (χ4v) is 2.19. The van der Waals surface area contributed by atoms with Gasteiger partial charge in [0.25, 0.3) is 0 Å². The minimum absolute atomic E-state index is 0.632. The maximum Gasteiger partial charge on any atom is 0.131 e. The Morgan fingerprint density at radius 3 is 2.76 bits per heavy atom. The Labute approximate surface area is 103 Å². The molecule has 0 saturated carbocycles. The summed E-state index contributed by atoms with van der Waals surface area (Å²) in [7, 11) is 2.18. The van der Waals surface area contributed by atoms with Crippen LogP contribution in [-0.4, -0.2) is 47.6 Å². The van der Waals surface area contributed by atoms with E-state index >= 15 is 0 Å². The third kappa shape index (κ3) is 3.30. The van der Waals surface area contributed by atoms with Crippen molar-refractivity contribution >= 4 is 11.6 Å². The molecule has 94 valence electrons. The standard InChI is InChI=1S/C12H21N5/c1-3-13-11-7-12(16-9-15-11)14-8-10-5-4-6-17(10)2/h7,9-10H,3-6,8H2,1-2H3,(H2,13,14,15,16). The van der Waals surface area contributed by atoms with Crippen LogP contribution >= 0.6 is 0 Å². The van der Waals surface area contributed by atoms with Crippen LogP contribution in [0, 0.1) is 0 Å². The molecular weight excluding hydrogens is 214 g/mol. The summed E-state index contributed by atoms with van der Waals surface area (Å²) in [6, 6.07) is 2.59. The van der Waals surface area contributed by atoms with Gasteiger partial charge in [-0.2, -0.15) is 0 Å². The zero-order chi connectivity index (χ0) is 12.1. The van der Waals surface area contributed by atoms with Gasteiger partial charge in [-0.1, -0.05) is 0 Å². The number of likely N-dealkylation sites (N-methyl/N-ethyl adjacent to an activating group) is 1. The summed E-state index contributed by atoms with van der Waals surface area (Å²) >= 11 is 0. The normalized spacial score (nSPS) is 20.5. The monoisotopic (exact) mass is 235 g/mol. The van der Waals surface area contributed by atoms with Crippen LogP contribution in [0.25, 0.3) is 0 Å². The number of likely N-dealkylation sites (tertiary alicyclic amines) is 1. The van der Waals surface area contributed by atoms with Crippen LogP contribution in [0.15, 0.2) is 12.4 Å². The number of aromatic nitrogens is 2. The first-order valence-electron chi connectivity index (χ1n) is 6.29. The summed E-state index contributed by atoms with van der Waals surface area (Å²) in [5.41, 5.74) is 0. The molecule has 0 spiro atoms. The zero-order valence-electron chi connectivity index (χ0n) is 10.6. The maximum atomic E-state index is 4.23. The summed E-state index contributed by atoms with van der Waals surface area (Å²) in [5, 5.41) is 6.57. The van der Waals surface area contributed by atoms with E-state index in [4.69, 9.17) is 0 Å². The maximum absolute atomic E-state index is 4.23. The molecule has 5 heteroatoms. The Morgan fingerprint density at radius 1 is 1.35 bits per heavy atom. The molecule has 2 rings (SSSR count).